The second-order valence-electron chi connectivity index (χ2n) is 5.19. The highest BCUT2D eigenvalue weighted by Gasteiger charge is 2.32. The highest BCUT2D eigenvalue weighted by atomic mass is 32.2. The number of aliphatic carboxylic acids is 1. The number of carboxylic acids is 1. The summed E-state index contributed by atoms with van der Waals surface area (Å²) in [5.41, 5.74) is 0. The number of carbonyl (C=O) groups excluding carboxylic acids is 1. The van der Waals surface area contributed by atoms with Gasteiger partial charge >= 0.3 is 12.0 Å². The fourth-order valence-electron chi connectivity index (χ4n) is 2.39. The molecule has 0 aromatic heterocycles. The molecule has 0 bridgehead atoms. The van der Waals surface area contributed by atoms with E-state index >= 15 is 0 Å². The van der Waals surface area contributed by atoms with Crippen LogP contribution < -0.4 is 5.32 Å². The van der Waals surface area contributed by atoms with Crippen molar-refractivity contribution in [3.8, 4) is 0 Å². The Morgan fingerprint density at radius 2 is 2.16 bits per heavy atom. The van der Waals surface area contributed by atoms with Crippen molar-refractivity contribution in [3.63, 3.8) is 0 Å². The molecule has 1 aliphatic rings. The molecule has 1 rings (SSSR count). The lowest BCUT2D eigenvalue weighted by atomic mass is 9.92. The molecule has 7 heteroatoms. The summed E-state index contributed by atoms with van der Waals surface area (Å²) in [4.78, 5) is 24.6. The Labute approximate surface area is 116 Å². The van der Waals surface area contributed by atoms with E-state index in [0.717, 1.165) is 0 Å². The van der Waals surface area contributed by atoms with Crippen LogP contribution in [-0.4, -0.2) is 56.9 Å². The van der Waals surface area contributed by atoms with Gasteiger partial charge < -0.3 is 15.3 Å². The number of likely N-dealkylation sites (tertiary alicyclic amines) is 1. The smallest absolute Gasteiger partial charge is 0.317 e. The Morgan fingerprint density at radius 1 is 1.53 bits per heavy atom. The maximum Gasteiger partial charge on any atom is 0.317 e. The van der Waals surface area contributed by atoms with Gasteiger partial charge in [-0.3, -0.25) is 9.00 Å². The maximum absolute atomic E-state index is 12.0. The number of urea groups is 1. The third-order valence-electron chi connectivity index (χ3n) is 3.34. The molecule has 2 amide bonds. The van der Waals surface area contributed by atoms with E-state index in [0.29, 0.717) is 25.1 Å². The van der Waals surface area contributed by atoms with Gasteiger partial charge in [0.25, 0.3) is 0 Å². The van der Waals surface area contributed by atoms with Crippen molar-refractivity contribution in [2.75, 3.05) is 18.6 Å². The molecule has 6 nitrogen and oxygen atoms in total. The van der Waals surface area contributed by atoms with Crippen LogP contribution in [0.2, 0.25) is 0 Å². The van der Waals surface area contributed by atoms with Crippen molar-refractivity contribution in [2.45, 2.75) is 38.8 Å². The normalized spacial score (nSPS) is 26.6. The molecule has 4 unspecified atom stereocenters. The topological polar surface area (TPSA) is 86.7 Å². The average Bonchev–Trinajstić information content (AvgIpc) is 2.26. The molecule has 2 N–H and O–H groups in total. The zero-order valence-electron chi connectivity index (χ0n) is 11.6. The molecule has 4 atom stereocenters. The van der Waals surface area contributed by atoms with Crippen molar-refractivity contribution in [3.05, 3.63) is 0 Å². The Bertz CT molecular complexity index is 375. The largest absolute Gasteiger partial charge is 0.481 e. The third kappa shape index (κ3) is 4.81. The van der Waals surface area contributed by atoms with E-state index in [1.807, 2.05) is 13.8 Å². The number of rotatable bonds is 4. The van der Waals surface area contributed by atoms with Crippen LogP contribution in [0.15, 0.2) is 0 Å². The minimum Gasteiger partial charge on any atom is -0.481 e. The second kappa shape index (κ2) is 6.88. The monoisotopic (exact) mass is 290 g/mol. The number of carbonyl (C=O) groups is 2. The minimum absolute atomic E-state index is 0.0887. The van der Waals surface area contributed by atoms with Gasteiger partial charge in [-0.2, -0.15) is 0 Å². The molecule has 0 saturated carbocycles. The first-order valence-electron chi connectivity index (χ1n) is 6.41. The SMILES string of the molecule is CC(CS(C)=O)NC(=O)N1CCC(C(=O)O)CC1C. The molecule has 1 saturated heterocycles. The lowest BCUT2D eigenvalue weighted by molar-refractivity contribution is -0.143. The third-order valence-corrected chi connectivity index (χ3v) is 4.31. The first-order valence-corrected chi connectivity index (χ1v) is 8.14. The summed E-state index contributed by atoms with van der Waals surface area (Å²) in [6.45, 7) is 4.12. The number of nitrogens with zero attached hydrogens (tertiary/aromatic N) is 1. The maximum atomic E-state index is 12.0. The van der Waals surface area contributed by atoms with Gasteiger partial charge in [0.15, 0.2) is 0 Å². The Kier molecular flexibility index (Phi) is 5.78. The molecule has 0 aromatic carbocycles. The molecule has 1 heterocycles. The molecule has 0 aliphatic carbocycles. The second-order valence-corrected chi connectivity index (χ2v) is 6.67. The predicted octanol–water partition coefficient (Wildman–Crippen LogP) is 0.648. The molecular formula is C12H22N2O4S. The van der Waals surface area contributed by atoms with Gasteiger partial charge in [-0.05, 0) is 26.7 Å². The van der Waals surface area contributed by atoms with Gasteiger partial charge in [0.2, 0.25) is 0 Å². The van der Waals surface area contributed by atoms with Gasteiger partial charge in [-0.25, -0.2) is 4.79 Å². The fourth-order valence-corrected chi connectivity index (χ4v) is 3.17. The molecule has 0 spiro atoms. The van der Waals surface area contributed by atoms with Crippen molar-refractivity contribution in [2.24, 2.45) is 5.92 Å². The van der Waals surface area contributed by atoms with Gasteiger partial charge in [0.1, 0.15) is 0 Å². The first kappa shape index (κ1) is 15.9. The lowest BCUT2D eigenvalue weighted by Crippen LogP contribution is -2.52. The van der Waals surface area contributed by atoms with E-state index in [1.54, 1.807) is 11.2 Å². The summed E-state index contributed by atoms with van der Waals surface area (Å²) in [6.07, 6.45) is 2.57. The fraction of sp³-hybridized carbons (Fsp3) is 0.833. The summed E-state index contributed by atoms with van der Waals surface area (Å²) >= 11 is 0. The van der Waals surface area contributed by atoms with E-state index < -0.39 is 16.8 Å². The number of piperidine rings is 1. The van der Waals surface area contributed by atoms with Crippen molar-refractivity contribution >= 4 is 22.8 Å². The molecule has 0 aromatic rings. The highest BCUT2D eigenvalue weighted by molar-refractivity contribution is 7.84. The van der Waals surface area contributed by atoms with Crippen LogP contribution in [0.4, 0.5) is 4.79 Å². The number of amides is 2. The van der Waals surface area contributed by atoms with Gasteiger partial charge in [0.05, 0.1) is 5.92 Å². The zero-order chi connectivity index (χ0) is 14.6. The van der Waals surface area contributed by atoms with E-state index in [-0.39, 0.29) is 24.0 Å². The molecule has 19 heavy (non-hydrogen) atoms. The quantitative estimate of drug-likeness (QED) is 0.796. The first-order chi connectivity index (χ1) is 8.81. The van der Waals surface area contributed by atoms with E-state index in [2.05, 4.69) is 5.32 Å². The molecular weight excluding hydrogens is 268 g/mol. The molecule has 110 valence electrons. The van der Waals surface area contributed by atoms with Crippen LogP contribution in [0.25, 0.3) is 0 Å². The summed E-state index contributed by atoms with van der Waals surface area (Å²) in [5, 5.41) is 11.8. The number of hydrogen-bond acceptors (Lipinski definition) is 3. The molecule has 1 fully saturated rings. The summed E-state index contributed by atoms with van der Waals surface area (Å²) in [5.74, 6) is -0.729. The van der Waals surface area contributed by atoms with Crippen molar-refractivity contribution in [1.29, 1.82) is 0 Å². The van der Waals surface area contributed by atoms with Crippen LogP contribution in [0.3, 0.4) is 0 Å². The number of nitrogens with one attached hydrogen (secondary N) is 1. The standard InChI is InChI=1S/C12H22N2O4S/c1-8(7-19(3)18)13-12(17)14-5-4-10(11(15)16)6-9(14)2/h8-10H,4-7H2,1-3H3,(H,13,17)(H,15,16). The van der Waals surface area contributed by atoms with E-state index in [9.17, 15) is 13.8 Å². The lowest BCUT2D eigenvalue weighted by Gasteiger charge is -2.36. The number of hydrogen-bond donors (Lipinski definition) is 2. The highest BCUT2D eigenvalue weighted by Crippen LogP contribution is 2.22. The average molecular weight is 290 g/mol. The van der Waals surface area contributed by atoms with Crippen LogP contribution in [0, 0.1) is 5.92 Å². The number of carboxylic acid groups (broad SMARTS) is 1. The van der Waals surface area contributed by atoms with Crippen LogP contribution in [0.5, 0.6) is 0 Å². The van der Waals surface area contributed by atoms with E-state index in [4.69, 9.17) is 5.11 Å². The van der Waals surface area contributed by atoms with Gasteiger partial charge in [-0.15, -0.1) is 0 Å². The molecule has 0 radical (unpaired) electrons. The minimum atomic E-state index is -0.949. The van der Waals surface area contributed by atoms with Gasteiger partial charge in [-0.1, -0.05) is 0 Å². The Morgan fingerprint density at radius 3 is 2.63 bits per heavy atom. The van der Waals surface area contributed by atoms with Crippen molar-refractivity contribution in [1.82, 2.24) is 10.2 Å². The van der Waals surface area contributed by atoms with E-state index in [1.165, 1.54) is 0 Å². The molecule has 1 aliphatic heterocycles. The Hall–Kier alpha value is -1.11. The van der Waals surface area contributed by atoms with Crippen molar-refractivity contribution < 1.29 is 18.9 Å². The van der Waals surface area contributed by atoms with Gasteiger partial charge in [0, 0.05) is 41.4 Å². The predicted molar refractivity (Wildman–Crippen MR) is 73.5 cm³/mol. The summed E-state index contributed by atoms with van der Waals surface area (Å²) < 4.78 is 11.1. The zero-order valence-corrected chi connectivity index (χ0v) is 12.4. The Balaban J connectivity index is 2.50. The van der Waals surface area contributed by atoms with Crippen LogP contribution in [-0.2, 0) is 15.6 Å². The van der Waals surface area contributed by atoms with Crippen LogP contribution >= 0.6 is 0 Å². The van der Waals surface area contributed by atoms with Crippen LogP contribution in [0.1, 0.15) is 26.7 Å². The summed E-state index contributed by atoms with van der Waals surface area (Å²) in [7, 11) is -0.949. The summed E-state index contributed by atoms with van der Waals surface area (Å²) in [6, 6.07) is -0.439.